The lowest BCUT2D eigenvalue weighted by Gasteiger charge is -2.26. The number of benzene rings is 4. The third-order valence-corrected chi connectivity index (χ3v) is 8.35. The molecule has 0 spiro atoms. The van der Waals surface area contributed by atoms with Gasteiger partial charge in [-0.1, -0.05) is 91.8 Å². The zero-order valence-corrected chi connectivity index (χ0v) is 25.7. The molecule has 0 aromatic heterocycles. The number of ether oxygens (including phenoxy) is 1. The lowest BCUT2D eigenvalue weighted by atomic mass is 9.78. The van der Waals surface area contributed by atoms with Gasteiger partial charge in [0.05, 0.1) is 9.79 Å². The summed E-state index contributed by atoms with van der Waals surface area (Å²) in [5.74, 6) is 2.30. The molecule has 40 heavy (non-hydrogen) atoms. The van der Waals surface area contributed by atoms with Crippen LogP contribution in [-0.4, -0.2) is 13.5 Å². The molecule has 4 nitrogen and oxygen atoms in total. The predicted octanol–water partition coefficient (Wildman–Crippen LogP) is 9.30. The van der Waals surface area contributed by atoms with Crippen LogP contribution >= 0.6 is 0 Å². The van der Waals surface area contributed by atoms with Crippen LogP contribution in [0.2, 0.25) is 0 Å². The largest absolute Gasteiger partial charge is 0.508 e. The molecular formula is C35H42O4S. The van der Waals surface area contributed by atoms with E-state index in [0.29, 0.717) is 11.5 Å². The van der Waals surface area contributed by atoms with Crippen molar-refractivity contribution in [3.63, 3.8) is 0 Å². The molecule has 0 amide bonds. The summed E-state index contributed by atoms with van der Waals surface area (Å²) in [4.78, 5) is 0.500. The number of hydrogen-bond donors (Lipinski definition) is 1. The maximum absolute atomic E-state index is 13.1. The van der Waals surface area contributed by atoms with E-state index >= 15 is 0 Å². The minimum absolute atomic E-state index is 0.0409. The Morgan fingerprint density at radius 2 is 0.900 bits per heavy atom. The summed E-state index contributed by atoms with van der Waals surface area (Å²) < 4.78 is 32.1. The molecule has 0 saturated carbocycles. The average molecular weight is 559 g/mol. The fourth-order valence-electron chi connectivity index (χ4n) is 4.08. The third-order valence-electron chi connectivity index (χ3n) is 6.57. The highest BCUT2D eigenvalue weighted by Crippen LogP contribution is 2.34. The number of phenols is 1. The van der Waals surface area contributed by atoms with E-state index in [9.17, 15) is 13.5 Å². The zero-order chi connectivity index (χ0) is 29.7. The molecular weight excluding hydrogens is 516 g/mol. The second-order valence-corrected chi connectivity index (χ2v) is 14.2. The summed E-state index contributed by atoms with van der Waals surface area (Å²) in [6.07, 6.45) is 0. The summed E-state index contributed by atoms with van der Waals surface area (Å²) in [7, 11) is -3.61. The van der Waals surface area contributed by atoms with Gasteiger partial charge in [-0.05, 0) is 88.7 Å². The summed E-state index contributed by atoms with van der Waals surface area (Å²) in [5.41, 5.74) is 3.01. The van der Waals surface area contributed by atoms with Crippen LogP contribution in [0.25, 0.3) is 0 Å². The van der Waals surface area contributed by atoms with Crippen molar-refractivity contribution in [2.75, 3.05) is 0 Å². The summed E-state index contributed by atoms with van der Waals surface area (Å²) in [5, 5.41) is 9.58. The van der Waals surface area contributed by atoms with Crippen molar-refractivity contribution in [1.29, 1.82) is 0 Å². The Morgan fingerprint density at radius 3 is 1.30 bits per heavy atom. The molecule has 4 aromatic rings. The maximum atomic E-state index is 13.1. The Bertz CT molecular complexity index is 1470. The normalized spacial score (nSPS) is 12.0. The Kier molecular flexibility index (Phi) is 9.52. The number of rotatable bonds is 6. The molecule has 0 aliphatic carbocycles. The highest BCUT2D eigenvalue weighted by Gasteiger charge is 2.23. The third kappa shape index (κ3) is 7.76. The van der Waals surface area contributed by atoms with E-state index in [0.717, 1.165) is 22.6 Å². The number of hydrogen-bond acceptors (Lipinski definition) is 4. The monoisotopic (exact) mass is 558 g/mol. The SMILES string of the molecule is CC(C)(C)c1ccc(S(=O)(=O)c2ccc(Oc3ccc(C(C)(C)c4ccc(O)cc4)cc3)cc2)cc1.CC(C)C. The smallest absolute Gasteiger partial charge is 0.206 e. The van der Waals surface area contributed by atoms with Gasteiger partial charge in [0.15, 0.2) is 0 Å². The maximum Gasteiger partial charge on any atom is 0.206 e. The molecule has 4 aromatic carbocycles. The summed E-state index contributed by atoms with van der Waals surface area (Å²) >= 11 is 0. The van der Waals surface area contributed by atoms with Gasteiger partial charge in [0.2, 0.25) is 9.84 Å². The van der Waals surface area contributed by atoms with Gasteiger partial charge < -0.3 is 9.84 Å². The van der Waals surface area contributed by atoms with Crippen LogP contribution in [0.15, 0.2) is 107 Å². The van der Waals surface area contributed by atoms with Crippen molar-refractivity contribution in [2.24, 2.45) is 5.92 Å². The Balaban J connectivity index is 0.00000103. The lowest BCUT2D eigenvalue weighted by Crippen LogP contribution is -2.18. The van der Waals surface area contributed by atoms with Crippen molar-refractivity contribution in [2.45, 2.75) is 76.0 Å². The van der Waals surface area contributed by atoms with Gasteiger partial charge in [-0.15, -0.1) is 0 Å². The molecule has 0 atom stereocenters. The van der Waals surface area contributed by atoms with Gasteiger partial charge in [0.1, 0.15) is 17.2 Å². The quantitative estimate of drug-likeness (QED) is 0.256. The number of phenolic OH excluding ortho intramolecular Hbond substituents is 1. The van der Waals surface area contributed by atoms with Gasteiger partial charge in [0.25, 0.3) is 0 Å². The van der Waals surface area contributed by atoms with Crippen LogP contribution in [0.4, 0.5) is 0 Å². The van der Waals surface area contributed by atoms with Gasteiger partial charge >= 0.3 is 0 Å². The van der Waals surface area contributed by atoms with Crippen molar-refractivity contribution in [3.05, 3.63) is 114 Å². The van der Waals surface area contributed by atoms with Gasteiger partial charge in [-0.2, -0.15) is 0 Å². The Labute approximate surface area is 240 Å². The topological polar surface area (TPSA) is 63.6 Å². The van der Waals surface area contributed by atoms with Crippen LogP contribution in [0.5, 0.6) is 17.2 Å². The van der Waals surface area contributed by atoms with E-state index in [-0.39, 0.29) is 26.4 Å². The molecule has 0 bridgehead atoms. The molecule has 212 valence electrons. The lowest BCUT2D eigenvalue weighted by molar-refractivity contribution is 0.474. The molecule has 0 aliphatic heterocycles. The van der Waals surface area contributed by atoms with Crippen molar-refractivity contribution in [1.82, 2.24) is 0 Å². The zero-order valence-electron chi connectivity index (χ0n) is 24.9. The van der Waals surface area contributed by atoms with Crippen LogP contribution in [0.3, 0.4) is 0 Å². The first-order valence-corrected chi connectivity index (χ1v) is 15.1. The minimum atomic E-state index is -3.61. The van der Waals surface area contributed by atoms with E-state index in [1.54, 1.807) is 48.5 Å². The van der Waals surface area contributed by atoms with E-state index in [2.05, 4.69) is 55.4 Å². The van der Waals surface area contributed by atoms with E-state index in [4.69, 9.17) is 4.74 Å². The first kappa shape index (κ1) is 31.0. The molecule has 0 unspecified atom stereocenters. The molecule has 0 radical (unpaired) electrons. The van der Waals surface area contributed by atoms with Crippen molar-refractivity contribution < 1.29 is 18.3 Å². The molecule has 0 saturated heterocycles. The van der Waals surface area contributed by atoms with Gasteiger partial charge in [-0.25, -0.2) is 8.42 Å². The highest BCUT2D eigenvalue weighted by atomic mass is 32.2. The van der Waals surface area contributed by atoms with Crippen LogP contribution in [-0.2, 0) is 20.7 Å². The molecule has 0 heterocycles. The van der Waals surface area contributed by atoms with Crippen LogP contribution in [0.1, 0.15) is 72.1 Å². The fourth-order valence-corrected chi connectivity index (χ4v) is 5.34. The van der Waals surface area contributed by atoms with Crippen LogP contribution < -0.4 is 4.74 Å². The molecule has 4 rings (SSSR count). The van der Waals surface area contributed by atoms with Crippen molar-refractivity contribution >= 4 is 9.84 Å². The summed E-state index contributed by atoms with van der Waals surface area (Å²) in [6, 6.07) is 28.6. The standard InChI is InChI=1S/C31H32O4S.C4H10/c1-30(2,3)22-10-18-28(19-11-22)36(33,34)29-20-16-27(17-21-29)35-26-14-8-24(9-15-26)31(4,5)23-6-12-25(32)13-7-23;1-4(2)3/h6-21,32H,1-5H3;4H,1-3H3. The predicted molar refractivity (Wildman–Crippen MR) is 164 cm³/mol. The van der Waals surface area contributed by atoms with E-state index in [1.807, 2.05) is 48.5 Å². The highest BCUT2D eigenvalue weighted by molar-refractivity contribution is 7.91. The number of aromatic hydroxyl groups is 1. The Morgan fingerprint density at radius 1 is 0.575 bits per heavy atom. The molecule has 1 N–H and O–H groups in total. The fraction of sp³-hybridized carbons (Fsp3) is 0.314. The average Bonchev–Trinajstić information content (AvgIpc) is 2.89. The van der Waals surface area contributed by atoms with Crippen LogP contribution in [0, 0.1) is 5.92 Å². The summed E-state index contributed by atoms with van der Waals surface area (Å²) in [6.45, 7) is 17.0. The van der Waals surface area contributed by atoms with Gasteiger partial charge in [-0.3, -0.25) is 0 Å². The molecule has 0 fully saturated rings. The Hall–Kier alpha value is -3.57. The van der Waals surface area contributed by atoms with Gasteiger partial charge in [0, 0.05) is 5.41 Å². The molecule has 5 heteroatoms. The van der Waals surface area contributed by atoms with E-state index in [1.165, 1.54) is 0 Å². The number of sulfone groups is 1. The second kappa shape index (κ2) is 12.3. The first-order valence-electron chi connectivity index (χ1n) is 13.6. The van der Waals surface area contributed by atoms with E-state index < -0.39 is 9.84 Å². The molecule has 0 aliphatic rings. The van der Waals surface area contributed by atoms with Crippen molar-refractivity contribution in [3.8, 4) is 17.2 Å². The second-order valence-electron chi connectivity index (χ2n) is 12.3. The first-order chi connectivity index (χ1) is 18.6. The minimum Gasteiger partial charge on any atom is -0.508 e.